The van der Waals surface area contributed by atoms with Crippen molar-refractivity contribution in [3.63, 3.8) is 0 Å². The summed E-state index contributed by atoms with van der Waals surface area (Å²) < 4.78 is 10.7. The number of hydrogen-bond acceptors (Lipinski definition) is 4. The van der Waals surface area contributed by atoms with Crippen LogP contribution in [0.15, 0.2) is 77.4 Å². The number of rotatable bonds is 5. The number of aryl methyl sites for hydroxylation is 1. The Morgan fingerprint density at radius 2 is 1.71 bits per heavy atom. The number of amidine groups is 1. The van der Waals surface area contributed by atoms with E-state index in [2.05, 4.69) is 4.99 Å². The minimum atomic E-state index is -0.227. The van der Waals surface area contributed by atoms with Crippen molar-refractivity contribution in [2.24, 2.45) is 4.99 Å². The molecule has 0 saturated heterocycles. The van der Waals surface area contributed by atoms with Gasteiger partial charge in [-0.3, -0.25) is 9.69 Å². The summed E-state index contributed by atoms with van der Waals surface area (Å²) in [4.78, 5) is 19.7. The number of amides is 1. The second-order valence-corrected chi connectivity index (χ2v) is 7.45. The molecule has 1 aliphatic rings. The summed E-state index contributed by atoms with van der Waals surface area (Å²) in [5.41, 5.74) is 3.55. The number of anilines is 1. The number of benzene rings is 3. The number of methoxy groups -OCH3 is 2. The van der Waals surface area contributed by atoms with Crippen LogP contribution in [-0.4, -0.2) is 26.0 Å². The van der Waals surface area contributed by atoms with Gasteiger partial charge < -0.3 is 9.47 Å². The van der Waals surface area contributed by atoms with Gasteiger partial charge in [0, 0.05) is 5.56 Å². The fourth-order valence-corrected chi connectivity index (χ4v) is 3.67. The number of halogens is 1. The lowest BCUT2D eigenvalue weighted by molar-refractivity contribution is -0.113. The van der Waals surface area contributed by atoms with Crippen LogP contribution in [-0.2, 0) is 4.79 Å². The molecular formula is C25H21ClN2O3. The molecule has 0 spiro atoms. The Hall–Kier alpha value is -3.57. The van der Waals surface area contributed by atoms with Gasteiger partial charge in [0.1, 0.15) is 11.5 Å². The van der Waals surface area contributed by atoms with Crippen LogP contribution in [0.25, 0.3) is 6.08 Å². The highest BCUT2D eigenvalue weighted by Gasteiger charge is 2.33. The molecule has 5 nitrogen and oxygen atoms in total. The predicted octanol–water partition coefficient (Wildman–Crippen LogP) is 5.50. The van der Waals surface area contributed by atoms with Crippen molar-refractivity contribution >= 4 is 35.1 Å². The molecule has 1 amide bonds. The van der Waals surface area contributed by atoms with Crippen LogP contribution in [0.2, 0.25) is 5.02 Å². The number of carbonyl (C=O) groups is 1. The van der Waals surface area contributed by atoms with E-state index in [1.54, 1.807) is 43.4 Å². The van der Waals surface area contributed by atoms with Crippen LogP contribution in [0.5, 0.6) is 11.5 Å². The van der Waals surface area contributed by atoms with E-state index in [0.29, 0.717) is 33.6 Å². The maximum atomic E-state index is 13.4. The van der Waals surface area contributed by atoms with Gasteiger partial charge in [-0.05, 0) is 60.5 Å². The predicted molar refractivity (Wildman–Crippen MR) is 124 cm³/mol. The highest BCUT2D eigenvalue weighted by atomic mass is 35.5. The Bertz CT molecular complexity index is 1220. The summed E-state index contributed by atoms with van der Waals surface area (Å²) in [6, 6.07) is 20.5. The minimum Gasteiger partial charge on any atom is -0.493 e. The van der Waals surface area contributed by atoms with Crippen molar-refractivity contribution in [2.45, 2.75) is 6.92 Å². The van der Waals surface area contributed by atoms with Crippen LogP contribution in [0.3, 0.4) is 0 Å². The van der Waals surface area contributed by atoms with Crippen LogP contribution in [0.1, 0.15) is 16.7 Å². The zero-order valence-corrected chi connectivity index (χ0v) is 18.2. The van der Waals surface area contributed by atoms with Crippen molar-refractivity contribution in [3.8, 4) is 11.5 Å². The molecule has 3 aromatic carbocycles. The number of carbonyl (C=O) groups excluding carboxylic acids is 1. The zero-order chi connectivity index (χ0) is 22.0. The van der Waals surface area contributed by atoms with Crippen molar-refractivity contribution < 1.29 is 14.3 Å². The molecule has 0 N–H and O–H groups in total. The maximum absolute atomic E-state index is 13.4. The van der Waals surface area contributed by atoms with Gasteiger partial charge in [0.25, 0.3) is 5.91 Å². The molecule has 4 rings (SSSR count). The first-order valence-electron chi connectivity index (χ1n) is 9.70. The summed E-state index contributed by atoms with van der Waals surface area (Å²) in [5.74, 6) is 1.46. The van der Waals surface area contributed by atoms with Crippen LogP contribution >= 0.6 is 11.6 Å². The Kier molecular flexibility index (Phi) is 5.78. The van der Waals surface area contributed by atoms with Crippen molar-refractivity contribution in [1.82, 2.24) is 0 Å². The molecule has 0 fully saturated rings. The summed E-state index contributed by atoms with van der Waals surface area (Å²) in [5, 5.41) is 0.527. The van der Waals surface area contributed by atoms with E-state index >= 15 is 0 Å². The Labute approximate surface area is 186 Å². The van der Waals surface area contributed by atoms with E-state index in [0.717, 1.165) is 16.8 Å². The number of nitrogens with zero attached hydrogens (tertiary/aromatic N) is 2. The average Bonchev–Trinajstić information content (AvgIpc) is 3.09. The van der Waals surface area contributed by atoms with Gasteiger partial charge in [0.15, 0.2) is 11.5 Å². The third-order valence-corrected chi connectivity index (χ3v) is 5.28. The van der Waals surface area contributed by atoms with Gasteiger partial charge in [-0.2, -0.15) is 0 Å². The fourth-order valence-electron chi connectivity index (χ4n) is 3.45. The molecule has 3 aromatic rings. The fraction of sp³-hybridized carbons (Fsp3) is 0.120. The van der Waals surface area contributed by atoms with E-state index in [4.69, 9.17) is 21.1 Å². The molecule has 1 aliphatic heterocycles. The standard InChI is InChI=1S/C25H21ClN2O3/c1-16-7-6-8-18(13-16)28-24(19-9-4-5-10-20(19)26)27-21(25(28)29)14-17-11-12-22(30-2)23(15-17)31-3/h4-15H,1-3H3/b21-14+. The van der Waals surface area contributed by atoms with Crippen LogP contribution in [0, 0.1) is 6.92 Å². The minimum absolute atomic E-state index is 0.227. The average molecular weight is 433 g/mol. The number of aliphatic imine (C=N–C) groups is 1. The highest BCUT2D eigenvalue weighted by molar-refractivity contribution is 6.39. The lowest BCUT2D eigenvalue weighted by Crippen LogP contribution is -2.32. The molecule has 0 aliphatic carbocycles. The smallest absolute Gasteiger partial charge is 0.282 e. The second-order valence-electron chi connectivity index (χ2n) is 7.04. The molecule has 0 atom stereocenters. The van der Waals surface area contributed by atoms with E-state index in [1.165, 1.54) is 0 Å². The van der Waals surface area contributed by atoms with Crippen molar-refractivity contribution in [2.75, 3.05) is 19.1 Å². The van der Waals surface area contributed by atoms with E-state index in [1.807, 2.05) is 55.5 Å². The number of ether oxygens (including phenoxy) is 2. The largest absolute Gasteiger partial charge is 0.493 e. The van der Waals surface area contributed by atoms with Gasteiger partial charge in [0.2, 0.25) is 0 Å². The topological polar surface area (TPSA) is 51.1 Å². The summed E-state index contributed by atoms with van der Waals surface area (Å²) in [7, 11) is 3.15. The molecule has 0 bridgehead atoms. The normalized spacial score (nSPS) is 14.7. The van der Waals surface area contributed by atoms with Gasteiger partial charge in [-0.25, -0.2) is 4.99 Å². The van der Waals surface area contributed by atoms with E-state index in [-0.39, 0.29) is 5.91 Å². The summed E-state index contributed by atoms with van der Waals surface area (Å²) in [6.45, 7) is 1.98. The van der Waals surface area contributed by atoms with E-state index < -0.39 is 0 Å². The Morgan fingerprint density at radius 3 is 2.42 bits per heavy atom. The van der Waals surface area contributed by atoms with Gasteiger partial charge in [-0.15, -0.1) is 0 Å². The quantitative estimate of drug-likeness (QED) is 0.500. The molecule has 156 valence electrons. The van der Waals surface area contributed by atoms with Gasteiger partial charge >= 0.3 is 0 Å². The van der Waals surface area contributed by atoms with Gasteiger partial charge in [-0.1, -0.05) is 41.9 Å². The van der Waals surface area contributed by atoms with Gasteiger partial charge in [0.05, 0.1) is 24.9 Å². The van der Waals surface area contributed by atoms with Crippen LogP contribution in [0.4, 0.5) is 5.69 Å². The van der Waals surface area contributed by atoms with Crippen molar-refractivity contribution in [3.05, 3.63) is 94.1 Å². The van der Waals surface area contributed by atoms with Crippen molar-refractivity contribution in [1.29, 1.82) is 0 Å². The van der Waals surface area contributed by atoms with E-state index in [9.17, 15) is 4.79 Å². The third-order valence-electron chi connectivity index (χ3n) is 4.95. The summed E-state index contributed by atoms with van der Waals surface area (Å²) >= 11 is 6.45. The SMILES string of the molecule is COc1ccc(/C=C2/N=C(c3ccccc3Cl)N(c3cccc(C)c3)C2=O)cc1OC. The molecule has 0 radical (unpaired) electrons. The third kappa shape index (κ3) is 4.05. The molecular weight excluding hydrogens is 412 g/mol. The Balaban J connectivity index is 1.84. The number of hydrogen-bond donors (Lipinski definition) is 0. The first kappa shape index (κ1) is 20.7. The first-order chi connectivity index (χ1) is 15.0. The van der Waals surface area contributed by atoms with Crippen LogP contribution < -0.4 is 14.4 Å². The molecule has 1 heterocycles. The first-order valence-corrected chi connectivity index (χ1v) is 10.1. The molecule has 31 heavy (non-hydrogen) atoms. The zero-order valence-electron chi connectivity index (χ0n) is 17.4. The molecule has 0 saturated carbocycles. The monoisotopic (exact) mass is 432 g/mol. The summed E-state index contributed by atoms with van der Waals surface area (Å²) in [6.07, 6.45) is 1.73. The Morgan fingerprint density at radius 1 is 0.935 bits per heavy atom. The molecule has 0 unspecified atom stereocenters. The second kappa shape index (κ2) is 8.66. The lowest BCUT2D eigenvalue weighted by atomic mass is 10.1. The maximum Gasteiger partial charge on any atom is 0.282 e. The highest BCUT2D eigenvalue weighted by Crippen LogP contribution is 2.32. The lowest BCUT2D eigenvalue weighted by Gasteiger charge is -2.19. The molecule has 6 heteroatoms. The molecule has 0 aromatic heterocycles.